The summed E-state index contributed by atoms with van der Waals surface area (Å²) in [6.07, 6.45) is 0.0188. The van der Waals surface area contributed by atoms with Crippen molar-refractivity contribution in [2.45, 2.75) is 25.9 Å². The Morgan fingerprint density at radius 2 is 2.06 bits per heavy atom. The molecule has 4 nitrogen and oxygen atoms in total. The van der Waals surface area contributed by atoms with Crippen LogP contribution >= 0.6 is 0 Å². The van der Waals surface area contributed by atoms with Crippen molar-refractivity contribution in [3.8, 4) is 6.07 Å². The second kappa shape index (κ2) is 6.02. The Morgan fingerprint density at radius 1 is 1.47 bits per heavy atom. The maximum atomic E-state index is 10.7. The van der Waals surface area contributed by atoms with Crippen LogP contribution < -0.4 is 0 Å². The van der Waals surface area contributed by atoms with E-state index >= 15 is 0 Å². The van der Waals surface area contributed by atoms with Gasteiger partial charge in [-0.3, -0.25) is 9.69 Å². The molecule has 1 N–H and O–H groups in total. The maximum absolute atomic E-state index is 10.7. The van der Waals surface area contributed by atoms with Gasteiger partial charge in [-0.15, -0.1) is 0 Å². The number of aliphatic carboxylic acids is 1. The van der Waals surface area contributed by atoms with E-state index in [1.54, 1.807) is 0 Å². The van der Waals surface area contributed by atoms with Crippen LogP contribution in [0.3, 0.4) is 0 Å². The van der Waals surface area contributed by atoms with Crippen LogP contribution in [-0.4, -0.2) is 29.1 Å². The van der Waals surface area contributed by atoms with Crippen LogP contribution in [0.1, 0.15) is 18.1 Å². The third kappa shape index (κ3) is 3.89. The minimum atomic E-state index is -0.839. The molecule has 0 saturated heterocycles. The fourth-order valence-corrected chi connectivity index (χ4v) is 1.55. The molecule has 0 heterocycles. The SMILES string of the molecule is CC(C#N)N(C)Cc1ccccc1CC(=O)O. The summed E-state index contributed by atoms with van der Waals surface area (Å²) in [5.41, 5.74) is 1.76. The second-order valence-electron chi connectivity index (χ2n) is 4.06. The zero-order valence-corrected chi connectivity index (χ0v) is 10.1. The van der Waals surface area contributed by atoms with E-state index in [-0.39, 0.29) is 12.5 Å². The summed E-state index contributed by atoms with van der Waals surface area (Å²) >= 11 is 0. The summed E-state index contributed by atoms with van der Waals surface area (Å²) in [5, 5.41) is 17.6. The van der Waals surface area contributed by atoms with Gasteiger partial charge in [0.1, 0.15) is 0 Å². The molecule has 0 spiro atoms. The van der Waals surface area contributed by atoms with Crippen molar-refractivity contribution in [2.24, 2.45) is 0 Å². The molecule has 1 aromatic carbocycles. The van der Waals surface area contributed by atoms with Crippen molar-refractivity contribution in [1.29, 1.82) is 5.26 Å². The van der Waals surface area contributed by atoms with Gasteiger partial charge in [-0.05, 0) is 25.1 Å². The highest BCUT2D eigenvalue weighted by Gasteiger charge is 2.11. The highest BCUT2D eigenvalue weighted by molar-refractivity contribution is 5.70. The van der Waals surface area contributed by atoms with Crippen LogP contribution in [-0.2, 0) is 17.8 Å². The number of carbonyl (C=O) groups is 1. The molecule has 1 unspecified atom stereocenters. The van der Waals surface area contributed by atoms with Crippen LogP contribution in [0.25, 0.3) is 0 Å². The number of nitriles is 1. The lowest BCUT2D eigenvalue weighted by Crippen LogP contribution is -2.27. The molecule has 4 heteroatoms. The monoisotopic (exact) mass is 232 g/mol. The van der Waals surface area contributed by atoms with Gasteiger partial charge < -0.3 is 5.11 Å². The first-order chi connectivity index (χ1) is 8.04. The van der Waals surface area contributed by atoms with E-state index in [4.69, 9.17) is 10.4 Å². The molecule has 0 aromatic heterocycles. The van der Waals surface area contributed by atoms with Gasteiger partial charge in [-0.25, -0.2) is 0 Å². The van der Waals surface area contributed by atoms with Gasteiger partial charge in [0, 0.05) is 6.54 Å². The van der Waals surface area contributed by atoms with Crippen molar-refractivity contribution in [3.63, 3.8) is 0 Å². The zero-order valence-electron chi connectivity index (χ0n) is 10.1. The molecule has 0 fully saturated rings. The predicted octanol–water partition coefficient (Wildman–Crippen LogP) is 1.66. The highest BCUT2D eigenvalue weighted by Crippen LogP contribution is 2.13. The molecule has 0 amide bonds. The van der Waals surface area contributed by atoms with E-state index in [0.29, 0.717) is 6.54 Å². The number of benzene rings is 1. The third-order valence-electron chi connectivity index (χ3n) is 2.73. The minimum absolute atomic E-state index is 0.0188. The lowest BCUT2D eigenvalue weighted by atomic mass is 10.0. The summed E-state index contributed by atoms with van der Waals surface area (Å²) in [4.78, 5) is 12.6. The van der Waals surface area contributed by atoms with Gasteiger partial charge in [-0.1, -0.05) is 24.3 Å². The van der Waals surface area contributed by atoms with E-state index < -0.39 is 5.97 Å². The van der Waals surface area contributed by atoms with Crippen molar-refractivity contribution < 1.29 is 9.90 Å². The normalized spacial score (nSPS) is 12.1. The summed E-state index contributed by atoms with van der Waals surface area (Å²) in [6, 6.07) is 9.39. The van der Waals surface area contributed by atoms with Crippen molar-refractivity contribution >= 4 is 5.97 Å². The molecule has 1 atom stereocenters. The molecule has 0 aliphatic heterocycles. The first-order valence-electron chi connectivity index (χ1n) is 5.43. The number of hydrogen-bond acceptors (Lipinski definition) is 3. The zero-order chi connectivity index (χ0) is 12.8. The van der Waals surface area contributed by atoms with Gasteiger partial charge in [0.25, 0.3) is 0 Å². The lowest BCUT2D eigenvalue weighted by Gasteiger charge is -2.20. The molecule has 17 heavy (non-hydrogen) atoms. The molecule has 90 valence electrons. The number of carboxylic acids is 1. The molecular formula is C13H16N2O2. The Balaban J connectivity index is 2.83. The Morgan fingerprint density at radius 3 is 2.59 bits per heavy atom. The van der Waals surface area contributed by atoms with Crippen LogP contribution in [0.2, 0.25) is 0 Å². The fraction of sp³-hybridized carbons (Fsp3) is 0.385. The summed E-state index contributed by atoms with van der Waals surface area (Å²) in [7, 11) is 1.85. The van der Waals surface area contributed by atoms with Crippen molar-refractivity contribution in [1.82, 2.24) is 4.90 Å². The van der Waals surface area contributed by atoms with Gasteiger partial charge in [0.2, 0.25) is 0 Å². The van der Waals surface area contributed by atoms with E-state index in [1.807, 2.05) is 43.1 Å². The van der Waals surface area contributed by atoms with Gasteiger partial charge >= 0.3 is 5.97 Å². The smallest absolute Gasteiger partial charge is 0.307 e. The van der Waals surface area contributed by atoms with Crippen molar-refractivity contribution in [3.05, 3.63) is 35.4 Å². The number of carboxylic acid groups (broad SMARTS) is 1. The molecule has 1 aromatic rings. The second-order valence-corrected chi connectivity index (χ2v) is 4.06. The topological polar surface area (TPSA) is 64.3 Å². The van der Waals surface area contributed by atoms with Crippen LogP contribution in [0.4, 0.5) is 0 Å². The lowest BCUT2D eigenvalue weighted by molar-refractivity contribution is -0.136. The molecule has 0 aliphatic rings. The van der Waals surface area contributed by atoms with Gasteiger partial charge in [-0.2, -0.15) is 5.26 Å². The minimum Gasteiger partial charge on any atom is -0.481 e. The van der Waals surface area contributed by atoms with Crippen LogP contribution in [0.5, 0.6) is 0 Å². The first kappa shape index (κ1) is 13.2. The third-order valence-corrected chi connectivity index (χ3v) is 2.73. The Bertz CT molecular complexity index is 437. The van der Waals surface area contributed by atoms with E-state index in [2.05, 4.69) is 6.07 Å². The molecular weight excluding hydrogens is 216 g/mol. The molecule has 0 radical (unpaired) electrons. The quantitative estimate of drug-likeness (QED) is 0.838. The number of rotatable bonds is 5. The van der Waals surface area contributed by atoms with E-state index in [1.165, 1.54) is 0 Å². The molecule has 0 saturated carbocycles. The average Bonchev–Trinajstić information content (AvgIpc) is 2.29. The van der Waals surface area contributed by atoms with Gasteiger partial charge in [0.15, 0.2) is 0 Å². The van der Waals surface area contributed by atoms with Gasteiger partial charge in [0.05, 0.1) is 18.5 Å². The van der Waals surface area contributed by atoms with Crippen molar-refractivity contribution in [2.75, 3.05) is 7.05 Å². The highest BCUT2D eigenvalue weighted by atomic mass is 16.4. The Hall–Kier alpha value is -1.86. The fourth-order valence-electron chi connectivity index (χ4n) is 1.55. The largest absolute Gasteiger partial charge is 0.481 e. The predicted molar refractivity (Wildman–Crippen MR) is 64.3 cm³/mol. The first-order valence-corrected chi connectivity index (χ1v) is 5.43. The Kier molecular flexibility index (Phi) is 4.68. The summed E-state index contributed by atoms with van der Waals surface area (Å²) in [6.45, 7) is 2.40. The number of hydrogen-bond donors (Lipinski definition) is 1. The molecule has 0 bridgehead atoms. The van der Waals surface area contributed by atoms with E-state index in [0.717, 1.165) is 11.1 Å². The number of nitrogens with zero attached hydrogens (tertiary/aromatic N) is 2. The Labute approximate surface area is 101 Å². The summed E-state index contributed by atoms with van der Waals surface area (Å²) in [5.74, 6) is -0.839. The summed E-state index contributed by atoms with van der Waals surface area (Å²) < 4.78 is 0. The van der Waals surface area contributed by atoms with Crippen LogP contribution in [0, 0.1) is 11.3 Å². The maximum Gasteiger partial charge on any atom is 0.307 e. The average molecular weight is 232 g/mol. The molecule has 1 rings (SSSR count). The standard InChI is InChI=1S/C13H16N2O2/c1-10(8-14)15(2)9-12-6-4-3-5-11(12)7-13(16)17/h3-6,10H,7,9H2,1-2H3,(H,16,17). The van der Waals surface area contributed by atoms with E-state index in [9.17, 15) is 4.79 Å². The van der Waals surface area contributed by atoms with Crippen LogP contribution in [0.15, 0.2) is 24.3 Å². The molecule has 0 aliphatic carbocycles.